The Hall–Kier alpha value is -1.61. The SMILES string of the molecule is N[C@@H](CCC(=O)S)C(=O)N[C@@H](CCC(=O)O)C(=O)O. The molecule has 8 nitrogen and oxygen atoms in total. The third kappa shape index (κ3) is 8.16. The van der Waals surface area contributed by atoms with Crippen molar-refractivity contribution in [3.8, 4) is 0 Å². The number of carboxylic acids is 2. The van der Waals surface area contributed by atoms with Crippen LogP contribution in [0.1, 0.15) is 25.7 Å². The number of hydrogen-bond donors (Lipinski definition) is 5. The third-order valence-corrected chi connectivity index (χ3v) is 2.49. The van der Waals surface area contributed by atoms with Gasteiger partial charge in [-0.15, -0.1) is 12.6 Å². The highest BCUT2D eigenvalue weighted by Crippen LogP contribution is 2.02. The van der Waals surface area contributed by atoms with Gasteiger partial charge in [0.05, 0.1) is 6.04 Å². The Bertz CT molecular complexity index is 373. The number of nitrogens with two attached hydrogens (primary N) is 1. The summed E-state index contributed by atoms with van der Waals surface area (Å²) in [5.41, 5.74) is 5.46. The van der Waals surface area contributed by atoms with Gasteiger partial charge in [-0.2, -0.15) is 0 Å². The average Bonchev–Trinajstić information content (AvgIpc) is 2.30. The van der Waals surface area contributed by atoms with Gasteiger partial charge in [-0.1, -0.05) is 0 Å². The highest BCUT2D eigenvalue weighted by atomic mass is 32.1. The molecule has 0 rings (SSSR count). The van der Waals surface area contributed by atoms with Crippen LogP contribution in [0.3, 0.4) is 0 Å². The quantitative estimate of drug-likeness (QED) is 0.342. The molecule has 0 fully saturated rings. The molecule has 0 aromatic carbocycles. The maximum Gasteiger partial charge on any atom is 0.326 e. The first-order chi connectivity index (χ1) is 8.73. The predicted octanol–water partition coefficient (Wildman–Crippen LogP) is -1.02. The molecule has 1 amide bonds. The lowest BCUT2D eigenvalue weighted by Crippen LogP contribution is -2.48. The second kappa shape index (κ2) is 8.48. The van der Waals surface area contributed by atoms with Gasteiger partial charge in [-0.25, -0.2) is 4.79 Å². The van der Waals surface area contributed by atoms with Crippen molar-refractivity contribution in [2.45, 2.75) is 37.8 Å². The number of carboxylic acid groups (broad SMARTS) is 2. The van der Waals surface area contributed by atoms with E-state index < -0.39 is 35.0 Å². The molecular weight excluding hydrogens is 276 g/mol. The van der Waals surface area contributed by atoms with Crippen molar-refractivity contribution in [3.05, 3.63) is 0 Å². The minimum Gasteiger partial charge on any atom is -0.481 e. The van der Waals surface area contributed by atoms with Crippen molar-refractivity contribution in [2.75, 3.05) is 0 Å². The summed E-state index contributed by atoms with van der Waals surface area (Å²) in [5.74, 6) is -3.25. The van der Waals surface area contributed by atoms with Crippen LogP contribution in [0, 0.1) is 0 Å². The fraction of sp³-hybridized carbons (Fsp3) is 0.600. The molecule has 5 N–H and O–H groups in total. The lowest BCUT2D eigenvalue weighted by Gasteiger charge is -2.16. The van der Waals surface area contributed by atoms with Crippen LogP contribution < -0.4 is 11.1 Å². The van der Waals surface area contributed by atoms with Gasteiger partial charge in [0, 0.05) is 12.8 Å². The van der Waals surface area contributed by atoms with Gasteiger partial charge in [0.1, 0.15) is 6.04 Å². The summed E-state index contributed by atoms with van der Waals surface area (Å²) in [7, 11) is 0. The molecule has 0 radical (unpaired) electrons. The highest BCUT2D eigenvalue weighted by molar-refractivity contribution is 7.96. The molecular formula is C10H16N2O6S. The second-order valence-electron chi connectivity index (χ2n) is 3.87. The van der Waals surface area contributed by atoms with Crippen molar-refractivity contribution >= 4 is 35.6 Å². The molecule has 19 heavy (non-hydrogen) atoms. The van der Waals surface area contributed by atoms with Crippen molar-refractivity contribution < 1.29 is 29.4 Å². The van der Waals surface area contributed by atoms with E-state index in [4.69, 9.17) is 15.9 Å². The Kier molecular flexibility index (Phi) is 7.77. The second-order valence-corrected chi connectivity index (χ2v) is 4.37. The number of nitrogens with one attached hydrogen (secondary N) is 1. The fourth-order valence-electron chi connectivity index (χ4n) is 1.21. The molecule has 0 heterocycles. The van der Waals surface area contributed by atoms with E-state index in [2.05, 4.69) is 17.9 Å². The molecule has 0 bridgehead atoms. The Morgan fingerprint density at radius 3 is 2.11 bits per heavy atom. The van der Waals surface area contributed by atoms with Gasteiger partial charge >= 0.3 is 11.9 Å². The lowest BCUT2D eigenvalue weighted by molar-refractivity contribution is -0.143. The van der Waals surface area contributed by atoms with Gasteiger partial charge in [0.25, 0.3) is 0 Å². The smallest absolute Gasteiger partial charge is 0.326 e. The van der Waals surface area contributed by atoms with E-state index >= 15 is 0 Å². The summed E-state index contributed by atoms with van der Waals surface area (Å²) in [4.78, 5) is 43.3. The summed E-state index contributed by atoms with van der Waals surface area (Å²) in [6.45, 7) is 0. The topological polar surface area (TPSA) is 147 Å². The van der Waals surface area contributed by atoms with E-state index in [-0.39, 0.29) is 25.7 Å². The third-order valence-electron chi connectivity index (χ3n) is 2.27. The zero-order valence-electron chi connectivity index (χ0n) is 10.0. The highest BCUT2D eigenvalue weighted by Gasteiger charge is 2.23. The molecule has 0 aromatic rings. The van der Waals surface area contributed by atoms with Gasteiger partial charge in [-0.05, 0) is 12.8 Å². The van der Waals surface area contributed by atoms with Crippen LogP contribution in [-0.2, 0) is 19.2 Å². The number of carbonyl (C=O) groups is 4. The first-order valence-corrected chi connectivity index (χ1v) is 5.91. The normalized spacial score (nSPS) is 13.4. The van der Waals surface area contributed by atoms with Crippen molar-refractivity contribution in [1.82, 2.24) is 5.32 Å². The minimum atomic E-state index is -1.34. The summed E-state index contributed by atoms with van der Waals surface area (Å²) < 4.78 is 0. The molecule has 0 unspecified atom stereocenters. The van der Waals surface area contributed by atoms with Crippen LogP contribution in [-0.4, -0.2) is 45.3 Å². The summed E-state index contributed by atoms with van der Waals surface area (Å²) in [5, 5.41) is 19.0. The van der Waals surface area contributed by atoms with Gasteiger partial charge in [0.2, 0.25) is 5.91 Å². The Labute approximate surface area is 114 Å². The van der Waals surface area contributed by atoms with E-state index in [0.29, 0.717) is 0 Å². The van der Waals surface area contributed by atoms with Gasteiger partial charge < -0.3 is 21.3 Å². The van der Waals surface area contributed by atoms with Crippen LogP contribution in [0.25, 0.3) is 0 Å². The van der Waals surface area contributed by atoms with E-state index in [9.17, 15) is 19.2 Å². The number of rotatable bonds is 9. The van der Waals surface area contributed by atoms with E-state index in [1.165, 1.54) is 0 Å². The number of hydrogen-bond acceptors (Lipinski definition) is 5. The van der Waals surface area contributed by atoms with E-state index in [0.717, 1.165) is 0 Å². The average molecular weight is 292 g/mol. The van der Waals surface area contributed by atoms with E-state index in [1.807, 2.05) is 0 Å². The largest absolute Gasteiger partial charge is 0.481 e. The molecule has 0 saturated heterocycles. The van der Waals surface area contributed by atoms with E-state index in [1.54, 1.807) is 0 Å². The molecule has 0 aliphatic carbocycles. The summed E-state index contributed by atoms with van der Waals surface area (Å²) in [6, 6.07) is -2.36. The van der Waals surface area contributed by atoms with Gasteiger partial charge in [0.15, 0.2) is 5.12 Å². The molecule has 2 atom stereocenters. The monoisotopic (exact) mass is 292 g/mol. The number of amides is 1. The van der Waals surface area contributed by atoms with Crippen LogP contribution >= 0.6 is 12.6 Å². The Balaban J connectivity index is 4.33. The van der Waals surface area contributed by atoms with Crippen molar-refractivity contribution in [3.63, 3.8) is 0 Å². The Morgan fingerprint density at radius 1 is 1.11 bits per heavy atom. The summed E-state index contributed by atoms with van der Waals surface area (Å²) >= 11 is 3.51. The number of aliphatic carboxylic acids is 2. The molecule has 108 valence electrons. The molecule has 9 heteroatoms. The lowest BCUT2D eigenvalue weighted by atomic mass is 10.1. The maximum atomic E-state index is 11.5. The number of carbonyl (C=O) groups excluding carboxylic acids is 2. The van der Waals surface area contributed by atoms with Crippen LogP contribution in [0.15, 0.2) is 0 Å². The minimum absolute atomic E-state index is 0.00936. The van der Waals surface area contributed by atoms with Crippen LogP contribution in [0.5, 0.6) is 0 Å². The van der Waals surface area contributed by atoms with Crippen molar-refractivity contribution in [2.24, 2.45) is 5.73 Å². The first-order valence-electron chi connectivity index (χ1n) is 5.46. The van der Waals surface area contributed by atoms with Crippen LogP contribution in [0.4, 0.5) is 0 Å². The first kappa shape index (κ1) is 17.4. The fourth-order valence-corrected chi connectivity index (χ4v) is 1.34. The maximum absolute atomic E-state index is 11.5. The molecule has 0 aliphatic rings. The number of thiol groups is 1. The zero-order valence-corrected chi connectivity index (χ0v) is 10.9. The van der Waals surface area contributed by atoms with Crippen molar-refractivity contribution in [1.29, 1.82) is 0 Å². The summed E-state index contributed by atoms with van der Waals surface area (Å²) in [6.07, 6.45) is -0.597. The van der Waals surface area contributed by atoms with Crippen LogP contribution in [0.2, 0.25) is 0 Å². The van der Waals surface area contributed by atoms with Gasteiger partial charge in [-0.3, -0.25) is 14.4 Å². The molecule has 0 aliphatic heterocycles. The molecule has 0 spiro atoms. The standard InChI is InChI=1S/C10H16N2O6S/c11-5(1-4-8(15)19)9(16)12-6(10(17)18)2-3-7(13)14/h5-6H,1-4,11H2,(H,12,16)(H,13,14)(H,15,19)(H,17,18)/t5-,6-/m0/s1. The molecule has 0 saturated carbocycles. The Morgan fingerprint density at radius 2 is 1.68 bits per heavy atom. The molecule has 0 aromatic heterocycles. The zero-order chi connectivity index (χ0) is 15.0. The predicted molar refractivity (Wildman–Crippen MR) is 67.6 cm³/mol.